The van der Waals surface area contributed by atoms with Gasteiger partial charge in [-0.3, -0.25) is 0 Å². The first-order chi connectivity index (χ1) is 6.16. The Morgan fingerprint density at radius 1 is 1.54 bits per heavy atom. The smallest absolute Gasteiger partial charge is 0.155 e. The minimum Gasteiger partial charge on any atom is -0.394 e. The maximum atomic E-state index is 5.77. The largest absolute Gasteiger partial charge is 0.394 e. The second kappa shape index (κ2) is 4.07. The van der Waals surface area contributed by atoms with E-state index in [1.807, 2.05) is 0 Å². The maximum Gasteiger partial charge on any atom is 0.155 e. The molecule has 0 aliphatic carbocycles. The van der Waals surface area contributed by atoms with E-state index in [0.717, 1.165) is 12.4 Å². The first-order valence-corrected chi connectivity index (χ1v) is 4.49. The van der Waals surface area contributed by atoms with E-state index in [1.54, 1.807) is 6.20 Å². The summed E-state index contributed by atoms with van der Waals surface area (Å²) in [7, 11) is 0. The Morgan fingerprint density at radius 2 is 2.23 bits per heavy atom. The van der Waals surface area contributed by atoms with Crippen LogP contribution >= 0.6 is 0 Å². The lowest BCUT2D eigenvalue weighted by molar-refractivity contribution is 0.693. The number of nitrogen functional groups attached to an aromatic ring is 1. The lowest BCUT2D eigenvalue weighted by atomic mass is 10.3. The molecule has 1 rings (SSSR count). The van der Waals surface area contributed by atoms with E-state index in [-0.39, 0.29) is 0 Å². The van der Waals surface area contributed by atoms with Crippen LogP contribution < -0.4 is 10.6 Å². The molecule has 1 heterocycles. The maximum absolute atomic E-state index is 5.77. The van der Waals surface area contributed by atoms with Crippen LogP contribution in [0.25, 0.3) is 0 Å². The molecule has 0 aromatic carbocycles. The molecule has 1 aromatic rings. The zero-order valence-electron chi connectivity index (χ0n) is 8.36. The van der Waals surface area contributed by atoms with E-state index < -0.39 is 0 Å². The molecule has 4 nitrogen and oxygen atoms in total. The molecule has 0 spiro atoms. The molecule has 0 fully saturated rings. The van der Waals surface area contributed by atoms with Crippen LogP contribution in [-0.4, -0.2) is 22.6 Å². The Labute approximate surface area is 78.8 Å². The fraction of sp³-hybridized carbons (Fsp3) is 0.556. The Hall–Kier alpha value is -1.32. The van der Waals surface area contributed by atoms with Crippen molar-refractivity contribution in [2.45, 2.75) is 26.8 Å². The molecular formula is C9H16N4. The van der Waals surface area contributed by atoms with Crippen molar-refractivity contribution >= 4 is 11.5 Å². The normalized spacial score (nSPS) is 10.5. The van der Waals surface area contributed by atoms with Crippen molar-refractivity contribution < 1.29 is 0 Å². The fourth-order valence-electron chi connectivity index (χ4n) is 1.33. The number of hydrogen-bond donors (Lipinski definition) is 1. The Bertz CT molecular complexity index is 272. The summed E-state index contributed by atoms with van der Waals surface area (Å²) in [6.07, 6.45) is 3.16. The van der Waals surface area contributed by atoms with Crippen LogP contribution in [0.5, 0.6) is 0 Å². The van der Waals surface area contributed by atoms with E-state index in [9.17, 15) is 0 Å². The average Bonchev–Trinajstić information content (AvgIpc) is 2.09. The topological polar surface area (TPSA) is 55.0 Å². The fourth-order valence-corrected chi connectivity index (χ4v) is 1.33. The van der Waals surface area contributed by atoms with Gasteiger partial charge in [-0.25, -0.2) is 9.97 Å². The summed E-state index contributed by atoms with van der Waals surface area (Å²) in [5.74, 6) is 0.826. The van der Waals surface area contributed by atoms with Gasteiger partial charge in [0.2, 0.25) is 0 Å². The van der Waals surface area contributed by atoms with Gasteiger partial charge in [0.25, 0.3) is 0 Å². The van der Waals surface area contributed by atoms with Crippen LogP contribution in [-0.2, 0) is 0 Å². The minimum atomic E-state index is 0.405. The first kappa shape index (κ1) is 9.77. The molecule has 4 heteroatoms. The van der Waals surface area contributed by atoms with E-state index in [4.69, 9.17) is 5.73 Å². The van der Waals surface area contributed by atoms with Gasteiger partial charge in [-0.2, -0.15) is 0 Å². The summed E-state index contributed by atoms with van der Waals surface area (Å²) < 4.78 is 0. The van der Waals surface area contributed by atoms with Gasteiger partial charge in [0.05, 0.1) is 11.9 Å². The van der Waals surface area contributed by atoms with E-state index in [0.29, 0.717) is 11.7 Å². The molecule has 0 atom stereocenters. The highest BCUT2D eigenvalue weighted by Gasteiger charge is 2.11. The van der Waals surface area contributed by atoms with E-state index >= 15 is 0 Å². The number of rotatable bonds is 3. The summed E-state index contributed by atoms with van der Waals surface area (Å²) in [6.45, 7) is 7.22. The third-order valence-electron chi connectivity index (χ3n) is 1.95. The SMILES string of the molecule is CCN(c1ncncc1N)C(C)C. The highest BCUT2D eigenvalue weighted by Crippen LogP contribution is 2.19. The van der Waals surface area contributed by atoms with Gasteiger partial charge in [0.1, 0.15) is 6.33 Å². The molecule has 0 bridgehead atoms. The zero-order valence-corrected chi connectivity index (χ0v) is 8.36. The van der Waals surface area contributed by atoms with Crippen molar-refractivity contribution in [1.29, 1.82) is 0 Å². The standard InChI is InChI=1S/C9H16N4/c1-4-13(7(2)3)9-8(10)5-11-6-12-9/h5-7H,4,10H2,1-3H3. The molecule has 0 amide bonds. The lowest BCUT2D eigenvalue weighted by Gasteiger charge is -2.26. The number of anilines is 2. The molecule has 13 heavy (non-hydrogen) atoms. The Balaban J connectivity index is 2.97. The van der Waals surface area contributed by atoms with Crippen LogP contribution in [0.15, 0.2) is 12.5 Å². The zero-order chi connectivity index (χ0) is 9.84. The quantitative estimate of drug-likeness (QED) is 0.761. The molecule has 0 aliphatic rings. The van der Waals surface area contributed by atoms with Crippen LogP contribution in [0.4, 0.5) is 11.5 Å². The van der Waals surface area contributed by atoms with Crippen molar-refractivity contribution in [3.05, 3.63) is 12.5 Å². The highest BCUT2D eigenvalue weighted by atomic mass is 15.2. The van der Waals surface area contributed by atoms with Gasteiger partial charge in [-0.15, -0.1) is 0 Å². The molecule has 2 N–H and O–H groups in total. The van der Waals surface area contributed by atoms with Gasteiger partial charge in [-0.1, -0.05) is 0 Å². The molecular weight excluding hydrogens is 164 g/mol. The molecule has 0 radical (unpaired) electrons. The third-order valence-corrected chi connectivity index (χ3v) is 1.95. The van der Waals surface area contributed by atoms with E-state index in [2.05, 4.69) is 35.6 Å². The average molecular weight is 180 g/mol. The van der Waals surface area contributed by atoms with Crippen molar-refractivity contribution in [2.24, 2.45) is 0 Å². The Kier molecular flexibility index (Phi) is 3.06. The summed E-state index contributed by atoms with van der Waals surface area (Å²) in [6, 6.07) is 0.405. The van der Waals surface area contributed by atoms with Crippen molar-refractivity contribution in [2.75, 3.05) is 17.2 Å². The van der Waals surface area contributed by atoms with Crippen molar-refractivity contribution in [3.8, 4) is 0 Å². The second-order valence-corrected chi connectivity index (χ2v) is 3.18. The van der Waals surface area contributed by atoms with Gasteiger partial charge < -0.3 is 10.6 Å². The molecule has 0 unspecified atom stereocenters. The number of nitrogens with zero attached hydrogens (tertiary/aromatic N) is 3. The van der Waals surface area contributed by atoms with Gasteiger partial charge in [-0.05, 0) is 20.8 Å². The predicted molar refractivity (Wildman–Crippen MR) is 54.6 cm³/mol. The monoisotopic (exact) mass is 180 g/mol. The summed E-state index contributed by atoms with van der Waals surface area (Å²) in [4.78, 5) is 10.2. The molecule has 0 saturated carbocycles. The number of nitrogens with two attached hydrogens (primary N) is 1. The second-order valence-electron chi connectivity index (χ2n) is 3.18. The molecule has 0 saturated heterocycles. The van der Waals surface area contributed by atoms with Crippen LogP contribution in [0.3, 0.4) is 0 Å². The molecule has 72 valence electrons. The van der Waals surface area contributed by atoms with Gasteiger partial charge >= 0.3 is 0 Å². The minimum absolute atomic E-state index is 0.405. The van der Waals surface area contributed by atoms with E-state index in [1.165, 1.54) is 6.33 Å². The summed E-state index contributed by atoms with van der Waals surface area (Å²) in [5, 5.41) is 0. The number of hydrogen-bond acceptors (Lipinski definition) is 4. The van der Waals surface area contributed by atoms with Crippen LogP contribution in [0.2, 0.25) is 0 Å². The third kappa shape index (κ3) is 2.08. The predicted octanol–water partition coefficient (Wildman–Crippen LogP) is 1.29. The van der Waals surface area contributed by atoms with Crippen LogP contribution in [0.1, 0.15) is 20.8 Å². The first-order valence-electron chi connectivity index (χ1n) is 4.49. The lowest BCUT2D eigenvalue weighted by Crippen LogP contribution is -2.31. The highest BCUT2D eigenvalue weighted by molar-refractivity contribution is 5.61. The molecule has 0 aliphatic heterocycles. The van der Waals surface area contributed by atoms with Gasteiger partial charge in [0.15, 0.2) is 5.82 Å². The van der Waals surface area contributed by atoms with Gasteiger partial charge in [0, 0.05) is 12.6 Å². The molecule has 1 aromatic heterocycles. The van der Waals surface area contributed by atoms with Crippen LogP contribution in [0, 0.1) is 0 Å². The van der Waals surface area contributed by atoms with Crippen molar-refractivity contribution in [1.82, 2.24) is 9.97 Å². The summed E-state index contributed by atoms with van der Waals surface area (Å²) >= 11 is 0. The Morgan fingerprint density at radius 3 is 2.69 bits per heavy atom. The number of aromatic nitrogens is 2. The summed E-state index contributed by atoms with van der Waals surface area (Å²) in [5.41, 5.74) is 6.41. The van der Waals surface area contributed by atoms with Crippen molar-refractivity contribution in [3.63, 3.8) is 0 Å².